The number of nitrogens with one attached hydrogen (secondary N) is 2. The molecule has 3 aromatic heterocycles. The van der Waals surface area contributed by atoms with Gasteiger partial charge in [-0.25, -0.2) is 15.8 Å². The van der Waals surface area contributed by atoms with Gasteiger partial charge in [-0.1, -0.05) is 0 Å². The number of nitrogens with two attached hydrogens (primary N) is 1. The van der Waals surface area contributed by atoms with Crippen molar-refractivity contribution in [2.24, 2.45) is 12.9 Å². The summed E-state index contributed by atoms with van der Waals surface area (Å²) in [6.07, 6.45) is 8.10. The van der Waals surface area contributed by atoms with Crippen LogP contribution in [-0.4, -0.2) is 30.7 Å². The van der Waals surface area contributed by atoms with Crippen LogP contribution in [0.2, 0.25) is 0 Å². The van der Waals surface area contributed by atoms with E-state index in [-0.39, 0.29) is 0 Å². The molecule has 0 aromatic carbocycles. The number of hydrogen-bond acceptors (Lipinski definition) is 6. The van der Waals surface area contributed by atoms with Crippen LogP contribution < -0.4 is 16.6 Å². The minimum absolute atomic E-state index is 0.579. The Balaban J connectivity index is 1.74. The average molecular weight is 272 g/mol. The van der Waals surface area contributed by atoms with Crippen molar-refractivity contribution in [3.8, 4) is 0 Å². The topological polar surface area (TPSA) is 98.1 Å². The molecule has 0 atom stereocenters. The van der Waals surface area contributed by atoms with E-state index >= 15 is 0 Å². The standard InChI is InChI=1S/C12H16N8/c1-19-6-3-9(18-19)2-4-14-11-12-15-5-7-20(12)8-10(16-11)17-13/h3,5-8,17H,2,4,13H2,1H3,(H,14,16). The van der Waals surface area contributed by atoms with Gasteiger partial charge < -0.3 is 15.1 Å². The number of hydrazine groups is 1. The Labute approximate surface area is 115 Å². The number of anilines is 2. The highest BCUT2D eigenvalue weighted by Gasteiger charge is 2.06. The Kier molecular flexibility index (Phi) is 3.21. The van der Waals surface area contributed by atoms with Crippen molar-refractivity contribution in [1.29, 1.82) is 0 Å². The Morgan fingerprint density at radius 1 is 1.35 bits per heavy atom. The van der Waals surface area contributed by atoms with Gasteiger partial charge in [0.25, 0.3) is 0 Å². The van der Waals surface area contributed by atoms with Crippen LogP contribution in [0.1, 0.15) is 5.69 Å². The molecule has 0 radical (unpaired) electrons. The first kappa shape index (κ1) is 12.4. The van der Waals surface area contributed by atoms with E-state index in [0.717, 1.165) is 24.3 Å². The summed E-state index contributed by atoms with van der Waals surface area (Å²) in [5.74, 6) is 6.69. The van der Waals surface area contributed by atoms with E-state index in [4.69, 9.17) is 5.84 Å². The molecule has 20 heavy (non-hydrogen) atoms. The summed E-state index contributed by atoms with van der Waals surface area (Å²) in [7, 11) is 1.91. The third-order valence-electron chi connectivity index (χ3n) is 2.96. The van der Waals surface area contributed by atoms with Gasteiger partial charge in [0.05, 0.1) is 11.9 Å². The van der Waals surface area contributed by atoms with Gasteiger partial charge in [0, 0.05) is 38.6 Å². The smallest absolute Gasteiger partial charge is 0.180 e. The zero-order chi connectivity index (χ0) is 13.9. The number of aryl methyl sites for hydroxylation is 1. The maximum atomic E-state index is 5.41. The molecule has 104 valence electrons. The molecule has 0 aliphatic heterocycles. The van der Waals surface area contributed by atoms with Gasteiger partial charge in [0.2, 0.25) is 0 Å². The first-order valence-corrected chi connectivity index (χ1v) is 6.29. The fourth-order valence-electron chi connectivity index (χ4n) is 2.03. The molecule has 0 saturated heterocycles. The molecule has 3 rings (SSSR count). The monoisotopic (exact) mass is 272 g/mol. The molecule has 3 aromatic rings. The molecule has 0 aliphatic carbocycles. The number of nitrogens with zero attached hydrogens (tertiary/aromatic N) is 5. The summed E-state index contributed by atoms with van der Waals surface area (Å²) in [6, 6.07) is 2.00. The molecule has 0 aliphatic rings. The highest BCUT2D eigenvalue weighted by molar-refractivity contribution is 5.65. The summed E-state index contributed by atoms with van der Waals surface area (Å²) in [4.78, 5) is 8.65. The van der Waals surface area contributed by atoms with E-state index in [1.54, 1.807) is 17.1 Å². The quantitative estimate of drug-likeness (QED) is 0.459. The molecule has 0 saturated carbocycles. The zero-order valence-electron chi connectivity index (χ0n) is 11.1. The molecular formula is C12H16N8. The van der Waals surface area contributed by atoms with Crippen molar-refractivity contribution in [2.45, 2.75) is 6.42 Å². The molecule has 0 spiro atoms. The van der Waals surface area contributed by atoms with Gasteiger partial charge in [-0.15, -0.1) is 0 Å². The lowest BCUT2D eigenvalue weighted by Gasteiger charge is -2.08. The normalized spacial score (nSPS) is 10.9. The number of fused-ring (bicyclic) bond motifs is 1. The van der Waals surface area contributed by atoms with Crippen LogP contribution in [-0.2, 0) is 13.5 Å². The molecule has 8 nitrogen and oxygen atoms in total. The van der Waals surface area contributed by atoms with Gasteiger partial charge >= 0.3 is 0 Å². The molecule has 0 unspecified atom stereocenters. The second kappa shape index (κ2) is 5.17. The highest BCUT2D eigenvalue weighted by atomic mass is 15.3. The third-order valence-corrected chi connectivity index (χ3v) is 2.96. The summed E-state index contributed by atoms with van der Waals surface area (Å²) in [6.45, 7) is 0.723. The first-order valence-electron chi connectivity index (χ1n) is 6.29. The molecule has 0 fully saturated rings. The summed E-state index contributed by atoms with van der Waals surface area (Å²) in [5.41, 5.74) is 4.35. The minimum Gasteiger partial charge on any atom is -0.367 e. The predicted octanol–water partition coefficient (Wildman–Crippen LogP) is 0.403. The van der Waals surface area contributed by atoms with Crippen molar-refractivity contribution in [3.63, 3.8) is 0 Å². The SMILES string of the molecule is Cn1ccc(CCNc2nc(NN)cn3ccnc23)n1. The van der Waals surface area contributed by atoms with Crippen molar-refractivity contribution in [2.75, 3.05) is 17.3 Å². The fourth-order valence-corrected chi connectivity index (χ4v) is 2.03. The zero-order valence-corrected chi connectivity index (χ0v) is 11.1. The number of rotatable bonds is 5. The Morgan fingerprint density at radius 3 is 3.00 bits per heavy atom. The Morgan fingerprint density at radius 2 is 2.25 bits per heavy atom. The lowest BCUT2D eigenvalue weighted by molar-refractivity contribution is 0.742. The van der Waals surface area contributed by atoms with Crippen molar-refractivity contribution in [1.82, 2.24) is 24.1 Å². The number of hydrogen-bond donors (Lipinski definition) is 3. The van der Waals surface area contributed by atoms with Crippen molar-refractivity contribution < 1.29 is 0 Å². The Bertz CT molecular complexity index is 713. The van der Waals surface area contributed by atoms with Crippen LogP contribution in [0.25, 0.3) is 5.65 Å². The van der Waals surface area contributed by atoms with Gasteiger partial charge in [-0.05, 0) is 6.07 Å². The van der Waals surface area contributed by atoms with E-state index in [2.05, 4.69) is 25.8 Å². The molecule has 3 heterocycles. The molecular weight excluding hydrogens is 256 g/mol. The van der Waals surface area contributed by atoms with Gasteiger partial charge in [-0.2, -0.15) is 5.10 Å². The maximum Gasteiger partial charge on any atom is 0.180 e. The maximum absolute atomic E-state index is 5.41. The van der Waals surface area contributed by atoms with E-state index in [9.17, 15) is 0 Å². The largest absolute Gasteiger partial charge is 0.367 e. The van der Waals surface area contributed by atoms with E-state index in [1.807, 2.05) is 29.9 Å². The molecule has 0 amide bonds. The van der Waals surface area contributed by atoms with Crippen LogP contribution >= 0.6 is 0 Å². The molecule has 8 heteroatoms. The second-order valence-corrected chi connectivity index (χ2v) is 4.43. The average Bonchev–Trinajstić information content (AvgIpc) is 3.07. The summed E-state index contributed by atoms with van der Waals surface area (Å²) < 4.78 is 3.66. The number of imidazole rings is 1. The van der Waals surface area contributed by atoms with Crippen LogP contribution in [0, 0.1) is 0 Å². The number of aromatic nitrogens is 5. The van der Waals surface area contributed by atoms with Gasteiger partial charge in [0.15, 0.2) is 17.3 Å². The second-order valence-electron chi connectivity index (χ2n) is 4.43. The Hall–Kier alpha value is -2.61. The van der Waals surface area contributed by atoms with E-state index in [0.29, 0.717) is 11.6 Å². The van der Waals surface area contributed by atoms with Gasteiger partial charge in [-0.3, -0.25) is 4.68 Å². The van der Waals surface area contributed by atoms with Crippen LogP contribution in [0.4, 0.5) is 11.6 Å². The van der Waals surface area contributed by atoms with Crippen molar-refractivity contribution >= 4 is 17.3 Å². The number of nitrogen functional groups attached to an aromatic ring is 1. The van der Waals surface area contributed by atoms with Crippen LogP contribution in [0.15, 0.2) is 30.9 Å². The molecule has 0 bridgehead atoms. The summed E-state index contributed by atoms with van der Waals surface area (Å²) in [5, 5.41) is 7.60. The third kappa shape index (κ3) is 2.41. The van der Waals surface area contributed by atoms with Crippen LogP contribution in [0.3, 0.4) is 0 Å². The predicted molar refractivity (Wildman–Crippen MR) is 76.2 cm³/mol. The fraction of sp³-hybridized carbons (Fsp3) is 0.250. The van der Waals surface area contributed by atoms with E-state index in [1.165, 1.54) is 0 Å². The first-order chi connectivity index (χ1) is 9.76. The lowest BCUT2D eigenvalue weighted by atomic mass is 10.3. The summed E-state index contributed by atoms with van der Waals surface area (Å²) >= 11 is 0. The lowest BCUT2D eigenvalue weighted by Crippen LogP contribution is -2.13. The van der Waals surface area contributed by atoms with Gasteiger partial charge in [0.1, 0.15) is 0 Å². The minimum atomic E-state index is 0.579. The van der Waals surface area contributed by atoms with E-state index < -0.39 is 0 Å². The van der Waals surface area contributed by atoms with Crippen LogP contribution in [0.5, 0.6) is 0 Å². The highest BCUT2D eigenvalue weighted by Crippen LogP contribution is 2.15. The molecule has 4 N–H and O–H groups in total. The van der Waals surface area contributed by atoms with Crippen molar-refractivity contribution in [3.05, 3.63) is 36.5 Å².